The third-order valence-electron chi connectivity index (χ3n) is 4.25. The van der Waals surface area contributed by atoms with Crippen molar-refractivity contribution in [1.29, 1.82) is 0 Å². The van der Waals surface area contributed by atoms with Crippen molar-refractivity contribution >= 4 is 23.4 Å². The first-order chi connectivity index (χ1) is 13.4. The fraction of sp³-hybridized carbons (Fsp3) is 0.190. The number of halogens is 1. The zero-order valence-electron chi connectivity index (χ0n) is 15.6. The lowest BCUT2D eigenvalue weighted by atomic mass is 10.1. The molecular weight excluding hydrogens is 377 g/mol. The molecule has 1 heterocycles. The summed E-state index contributed by atoms with van der Waals surface area (Å²) < 4.78 is 13.0. The number of hydrogen-bond donors (Lipinski definition) is 2. The van der Waals surface area contributed by atoms with Gasteiger partial charge in [-0.3, -0.25) is 9.59 Å². The molecule has 0 radical (unpaired) electrons. The lowest BCUT2D eigenvalue weighted by Crippen LogP contribution is -2.24. The van der Waals surface area contributed by atoms with Gasteiger partial charge in [0.1, 0.15) is 5.82 Å². The molecule has 1 amide bonds. The van der Waals surface area contributed by atoms with E-state index in [2.05, 4.69) is 15.3 Å². The number of aromatic amines is 1. The van der Waals surface area contributed by atoms with Gasteiger partial charge in [0.25, 0.3) is 5.56 Å². The van der Waals surface area contributed by atoms with Crippen molar-refractivity contribution in [3.63, 3.8) is 0 Å². The van der Waals surface area contributed by atoms with Crippen molar-refractivity contribution in [2.24, 2.45) is 0 Å². The Balaban J connectivity index is 1.67. The number of carbonyl (C=O) groups is 1. The Morgan fingerprint density at radius 3 is 2.54 bits per heavy atom. The quantitative estimate of drug-likeness (QED) is 0.487. The maximum Gasteiger partial charge on any atom is 0.255 e. The number of carbonyl (C=O) groups excluding carboxylic acids is 1. The normalized spacial score (nSPS) is 10.7. The van der Waals surface area contributed by atoms with Gasteiger partial charge in [-0.1, -0.05) is 42.1 Å². The van der Waals surface area contributed by atoms with Crippen LogP contribution in [0, 0.1) is 19.7 Å². The van der Waals surface area contributed by atoms with E-state index in [-0.39, 0.29) is 23.7 Å². The summed E-state index contributed by atoms with van der Waals surface area (Å²) in [6.07, 6.45) is -0.0502. The smallest absolute Gasteiger partial charge is 0.255 e. The number of para-hydroxylation sites is 1. The first kappa shape index (κ1) is 19.8. The lowest BCUT2D eigenvalue weighted by Gasteiger charge is -2.10. The van der Waals surface area contributed by atoms with E-state index in [9.17, 15) is 14.0 Å². The highest BCUT2D eigenvalue weighted by Gasteiger charge is 2.14. The second-order valence-electron chi connectivity index (χ2n) is 6.39. The predicted octanol–water partition coefficient (Wildman–Crippen LogP) is 4.00. The second kappa shape index (κ2) is 8.84. The minimum absolute atomic E-state index is 0.0502. The Bertz CT molecular complexity index is 1050. The molecular formula is C21H20FN3O2S. The number of aryl methyl sites for hydroxylation is 2. The number of nitrogens with one attached hydrogen (secondary N) is 2. The fourth-order valence-electron chi connectivity index (χ4n) is 2.66. The van der Waals surface area contributed by atoms with Crippen LogP contribution in [0.15, 0.2) is 58.5 Å². The van der Waals surface area contributed by atoms with E-state index in [0.717, 1.165) is 16.8 Å². The van der Waals surface area contributed by atoms with Crippen molar-refractivity contribution in [3.05, 3.63) is 87.1 Å². The first-order valence-corrected chi connectivity index (χ1v) is 9.73. The molecule has 0 bridgehead atoms. The van der Waals surface area contributed by atoms with Crippen LogP contribution >= 0.6 is 11.8 Å². The van der Waals surface area contributed by atoms with E-state index >= 15 is 0 Å². The van der Waals surface area contributed by atoms with Gasteiger partial charge in [-0.15, -0.1) is 0 Å². The molecule has 0 atom stereocenters. The van der Waals surface area contributed by atoms with Gasteiger partial charge in [0.15, 0.2) is 5.16 Å². The molecule has 2 N–H and O–H groups in total. The van der Waals surface area contributed by atoms with Crippen LogP contribution in [-0.4, -0.2) is 15.9 Å². The standard InChI is InChI=1S/C21H20FN3O2S/c1-13-5-3-4-6-18(13)24-19(26)11-17-14(2)23-21(25-20(17)27)28-12-15-7-9-16(22)10-8-15/h3-10H,11-12H2,1-2H3,(H,24,26)(H,23,25,27). The molecule has 3 rings (SSSR count). The molecule has 144 valence electrons. The molecule has 0 aliphatic heterocycles. The summed E-state index contributed by atoms with van der Waals surface area (Å²) >= 11 is 1.35. The Hall–Kier alpha value is -2.93. The average Bonchev–Trinajstić information content (AvgIpc) is 2.66. The number of thioether (sulfide) groups is 1. The zero-order valence-corrected chi connectivity index (χ0v) is 16.4. The molecule has 5 nitrogen and oxygen atoms in total. The average molecular weight is 397 g/mol. The second-order valence-corrected chi connectivity index (χ2v) is 7.35. The summed E-state index contributed by atoms with van der Waals surface area (Å²) in [6, 6.07) is 13.6. The van der Waals surface area contributed by atoms with Crippen LogP contribution < -0.4 is 10.9 Å². The number of benzene rings is 2. The van der Waals surface area contributed by atoms with Crippen molar-refractivity contribution in [2.45, 2.75) is 31.2 Å². The van der Waals surface area contributed by atoms with Gasteiger partial charge in [-0.2, -0.15) is 0 Å². The summed E-state index contributed by atoms with van der Waals surface area (Å²) in [7, 11) is 0. The van der Waals surface area contributed by atoms with Crippen molar-refractivity contribution in [2.75, 3.05) is 5.32 Å². The van der Waals surface area contributed by atoms with Crippen LogP contribution in [0.2, 0.25) is 0 Å². The molecule has 1 aromatic heterocycles. The number of hydrogen-bond acceptors (Lipinski definition) is 4. The van der Waals surface area contributed by atoms with Gasteiger partial charge in [-0.05, 0) is 43.2 Å². The van der Waals surface area contributed by atoms with E-state index < -0.39 is 0 Å². The molecule has 0 unspecified atom stereocenters. The number of H-pyrrole nitrogens is 1. The Labute approximate surface area is 166 Å². The highest BCUT2D eigenvalue weighted by Crippen LogP contribution is 2.19. The van der Waals surface area contributed by atoms with Crippen LogP contribution in [0.25, 0.3) is 0 Å². The van der Waals surface area contributed by atoms with Crippen LogP contribution in [0.3, 0.4) is 0 Å². The lowest BCUT2D eigenvalue weighted by molar-refractivity contribution is -0.115. The molecule has 0 saturated heterocycles. The molecule has 0 fully saturated rings. The Morgan fingerprint density at radius 2 is 1.86 bits per heavy atom. The first-order valence-electron chi connectivity index (χ1n) is 8.75. The van der Waals surface area contributed by atoms with Gasteiger partial charge in [0.05, 0.1) is 6.42 Å². The van der Waals surface area contributed by atoms with E-state index in [0.29, 0.717) is 22.2 Å². The van der Waals surface area contributed by atoms with Crippen LogP contribution in [0.4, 0.5) is 10.1 Å². The zero-order chi connectivity index (χ0) is 20.1. The number of nitrogens with zero attached hydrogens (tertiary/aromatic N) is 1. The third kappa shape index (κ3) is 5.07. The molecule has 0 aliphatic carbocycles. The van der Waals surface area contributed by atoms with E-state index in [1.54, 1.807) is 19.1 Å². The summed E-state index contributed by atoms with van der Waals surface area (Å²) in [5.41, 5.74) is 3.14. The molecule has 0 aliphatic rings. The third-order valence-corrected chi connectivity index (χ3v) is 5.19. The maximum atomic E-state index is 13.0. The van der Waals surface area contributed by atoms with E-state index in [1.165, 1.54) is 23.9 Å². The number of anilines is 1. The fourth-order valence-corrected chi connectivity index (χ4v) is 3.52. The monoisotopic (exact) mass is 397 g/mol. The van der Waals surface area contributed by atoms with Crippen LogP contribution in [0.5, 0.6) is 0 Å². The molecule has 0 spiro atoms. The maximum absolute atomic E-state index is 13.0. The van der Waals surface area contributed by atoms with Gasteiger partial charge >= 0.3 is 0 Å². The van der Waals surface area contributed by atoms with Crippen LogP contribution in [0.1, 0.15) is 22.4 Å². The van der Waals surface area contributed by atoms with Gasteiger partial charge in [-0.25, -0.2) is 9.37 Å². The van der Waals surface area contributed by atoms with Crippen LogP contribution in [-0.2, 0) is 17.0 Å². The minimum Gasteiger partial charge on any atom is -0.326 e. The molecule has 2 aromatic carbocycles. The molecule has 0 saturated carbocycles. The minimum atomic E-state index is -0.325. The molecule has 3 aromatic rings. The largest absolute Gasteiger partial charge is 0.326 e. The Kier molecular flexibility index (Phi) is 6.26. The predicted molar refractivity (Wildman–Crippen MR) is 109 cm³/mol. The highest BCUT2D eigenvalue weighted by molar-refractivity contribution is 7.98. The van der Waals surface area contributed by atoms with Gasteiger partial charge < -0.3 is 10.3 Å². The SMILES string of the molecule is Cc1ccccc1NC(=O)Cc1c(C)nc(SCc2ccc(F)cc2)[nH]c1=O. The number of rotatable bonds is 6. The van der Waals surface area contributed by atoms with Crippen molar-refractivity contribution in [1.82, 2.24) is 9.97 Å². The van der Waals surface area contributed by atoms with Crippen molar-refractivity contribution in [3.8, 4) is 0 Å². The van der Waals surface area contributed by atoms with Crippen molar-refractivity contribution < 1.29 is 9.18 Å². The van der Waals surface area contributed by atoms with Gasteiger partial charge in [0, 0.05) is 22.7 Å². The number of amides is 1. The Morgan fingerprint density at radius 1 is 1.14 bits per heavy atom. The number of aromatic nitrogens is 2. The summed E-state index contributed by atoms with van der Waals surface area (Å²) in [5.74, 6) is -0.00339. The summed E-state index contributed by atoms with van der Waals surface area (Å²) in [4.78, 5) is 31.9. The molecule has 7 heteroatoms. The summed E-state index contributed by atoms with van der Waals surface area (Å²) in [6.45, 7) is 3.62. The topological polar surface area (TPSA) is 74.8 Å². The summed E-state index contributed by atoms with van der Waals surface area (Å²) in [5, 5.41) is 3.29. The highest BCUT2D eigenvalue weighted by atomic mass is 32.2. The van der Waals surface area contributed by atoms with Gasteiger partial charge in [0.2, 0.25) is 5.91 Å². The van der Waals surface area contributed by atoms with E-state index in [1.807, 2.05) is 31.2 Å². The van der Waals surface area contributed by atoms with E-state index in [4.69, 9.17) is 0 Å². The molecule has 28 heavy (non-hydrogen) atoms.